The molecule has 2 aromatic rings. The molecule has 23 heteroatoms. The molecule has 2 saturated heterocycles. The highest BCUT2D eigenvalue weighted by atomic mass is 31.3. The molecule has 10 unspecified atom stereocenters. The second kappa shape index (κ2) is 11.9. The molecule has 41 heavy (non-hydrogen) atoms. The minimum Gasteiger partial charge on any atom is -0.387 e. The summed E-state index contributed by atoms with van der Waals surface area (Å²) in [6.45, 7) is -2.01. The normalized spacial score (nSPS) is 32.9. The summed E-state index contributed by atoms with van der Waals surface area (Å²) in [6.07, 6.45) is -11.4. The van der Waals surface area contributed by atoms with Gasteiger partial charge in [0, 0.05) is 24.5 Å². The van der Waals surface area contributed by atoms with Crippen molar-refractivity contribution in [3.8, 4) is 0 Å². The molecule has 0 amide bonds. The van der Waals surface area contributed by atoms with Gasteiger partial charge in [-0.2, -0.15) is 4.31 Å². The molecule has 0 aliphatic carbocycles. The average molecular weight is 630 g/mol. The van der Waals surface area contributed by atoms with Gasteiger partial charge in [0.05, 0.1) is 13.2 Å². The molecule has 2 aromatic heterocycles. The number of rotatable bonds is 10. The maximum atomic E-state index is 12.2. The van der Waals surface area contributed by atoms with Gasteiger partial charge in [-0.05, 0) is 0 Å². The Hall–Kier alpha value is -2.62. The standard InChI is InChI=1S/C18H24N4O17P2/c23-9-1-3-21(17(29)19-9)15-13(27)11(25)7(37-15)5-35-40(31,32)39-41(33,34)36-6-8-12(26)14(28)16(38-8)22-4-2-10(24)20-18(22)30/h1-4,7-8,11-16,25-28H,5-6H2,(H,31,32)(H,33,34)(H,19,23,29)(H,20,24,30). The number of ether oxygens (including phenoxy) is 2. The highest BCUT2D eigenvalue weighted by Crippen LogP contribution is 2.60. The van der Waals surface area contributed by atoms with E-state index in [4.69, 9.17) is 9.47 Å². The van der Waals surface area contributed by atoms with Crippen molar-refractivity contribution in [3.63, 3.8) is 0 Å². The third-order valence-electron chi connectivity index (χ3n) is 5.94. The number of nitrogens with zero attached hydrogens (tertiary/aromatic N) is 2. The van der Waals surface area contributed by atoms with Crippen LogP contribution in [0.15, 0.2) is 43.7 Å². The van der Waals surface area contributed by atoms with Crippen LogP contribution in [0.3, 0.4) is 0 Å². The summed E-state index contributed by atoms with van der Waals surface area (Å²) in [5, 5.41) is 40.7. The van der Waals surface area contributed by atoms with Crippen LogP contribution in [-0.2, 0) is 32.0 Å². The number of hydrogen-bond donors (Lipinski definition) is 8. The Bertz CT molecular complexity index is 1470. The smallest absolute Gasteiger partial charge is 0.387 e. The molecule has 8 N–H and O–H groups in total. The summed E-state index contributed by atoms with van der Waals surface area (Å²) in [7, 11) is -10.9. The Morgan fingerprint density at radius 1 is 0.707 bits per heavy atom. The lowest BCUT2D eigenvalue weighted by Gasteiger charge is -2.20. The van der Waals surface area contributed by atoms with Crippen LogP contribution in [0.4, 0.5) is 0 Å². The lowest BCUT2D eigenvalue weighted by molar-refractivity contribution is -0.0568. The second-order valence-corrected chi connectivity index (χ2v) is 11.8. The number of aromatic nitrogens is 4. The fourth-order valence-corrected chi connectivity index (χ4v) is 6.05. The second-order valence-electron chi connectivity index (χ2n) is 8.74. The van der Waals surface area contributed by atoms with Crippen molar-refractivity contribution < 1.29 is 62.2 Å². The van der Waals surface area contributed by atoms with Crippen LogP contribution in [0.5, 0.6) is 0 Å². The first kappa shape index (κ1) is 31.3. The Kier molecular flexibility index (Phi) is 9.12. The first-order valence-corrected chi connectivity index (χ1v) is 14.4. The van der Waals surface area contributed by atoms with Gasteiger partial charge in [-0.25, -0.2) is 18.7 Å². The summed E-state index contributed by atoms with van der Waals surface area (Å²) < 4.78 is 49.8. The summed E-state index contributed by atoms with van der Waals surface area (Å²) >= 11 is 0. The molecule has 0 saturated carbocycles. The quantitative estimate of drug-likeness (QED) is 0.115. The van der Waals surface area contributed by atoms with Crippen LogP contribution in [0.2, 0.25) is 0 Å². The zero-order chi connectivity index (χ0) is 30.3. The summed E-state index contributed by atoms with van der Waals surface area (Å²) in [4.78, 5) is 69.8. The predicted octanol–water partition coefficient (Wildman–Crippen LogP) is -4.42. The first-order chi connectivity index (χ1) is 19.1. The van der Waals surface area contributed by atoms with Gasteiger partial charge in [-0.3, -0.25) is 37.7 Å². The molecule has 0 aromatic carbocycles. The highest BCUT2D eigenvalue weighted by molar-refractivity contribution is 7.61. The van der Waals surface area contributed by atoms with Crippen molar-refractivity contribution >= 4 is 15.6 Å². The van der Waals surface area contributed by atoms with E-state index >= 15 is 0 Å². The van der Waals surface area contributed by atoms with Crippen molar-refractivity contribution in [2.24, 2.45) is 0 Å². The molecule has 0 bridgehead atoms. The van der Waals surface area contributed by atoms with Crippen molar-refractivity contribution in [1.29, 1.82) is 0 Å². The Morgan fingerprint density at radius 2 is 1.07 bits per heavy atom. The maximum absolute atomic E-state index is 12.2. The van der Waals surface area contributed by atoms with E-state index < -0.39 is 100 Å². The van der Waals surface area contributed by atoms with E-state index in [2.05, 4.69) is 13.4 Å². The number of aromatic amines is 2. The van der Waals surface area contributed by atoms with Gasteiger partial charge in [-0.1, -0.05) is 0 Å². The van der Waals surface area contributed by atoms with Crippen LogP contribution in [0.25, 0.3) is 0 Å². The molecule has 0 spiro atoms. The zero-order valence-corrected chi connectivity index (χ0v) is 22.1. The number of H-pyrrole nitrogens is 2. The van der Waals surface area contributed by atoms with Gasteiger partial charge < -0.3 is 39.7 Å². The minimum absolute atomic E-state index is 0.731. The van der Waals surface area contributed by atoms with Crippen LogP contribution in [0, 0.1) is 0 Å². The predicted molar refractivity (Wildman–Crippen MR) is 127 cm³/mol. The van der Waals surface area contributed by atoms with Crippen molar-refractivity contribution in [1.82, 2.24) is 19.1 Å². The van der Waals surface area contributed by atoms with Gasteiger partial charge >= 0.3 is 27.0 Å². The number of phosphoric acid groups is 2. The van der Waals surface area contributed by atoms with E-state index in [9.17, 15) is 58.5 Å². The van der Waals surface area contributed by atoms with Gasteiger partial charge in [-0.15, -0.1) is 0 Å². The van der Waals surface area contributed by atoms with E-state index in [0.717, 1.165) is 33.7 Å². The molecule has 2 aliphatic heterocycles. The first-order valence-electron chi connectivity index (χ1n) is 11.4. The molecule has 2 fully saturated rings. The fourth-order valence-electron chi connectivity index (χ4n) is 3.96. The third kappa shape index (κ3) is 7.07. The molecule has 4 rings (SSSR count). The van der Waals surface area contributed by atoms with Crippen molar-refractivity contribution in [3.05, 3.63) is 66.2 Å². The number of aliphatic hydroxyl groups excluding tert-OH is 4. The van der Waals surface area contributed by atoms with Crippen LogP contribution < -0.4 is 22.5 Å². The van der Waals surface area contributed by atoms with Crippen molar-refractivity contribution in [2.75, 3.05) is 13.2 Å². The largest absolute Gasteiger partial charge is 0.481 e. The zero-order valence-electron chi connectivity index (χ0n) is 20.3. The van der Waals surface area contributed by atoms with E-state index in [1.807, 2.05) is 9.97 Å². The molecule has 2 aliphatic rings. The fraction of sp³-hybridized carbons (Fsp3) is 0.556. The number of phosphoric ester groups is 2. The van der Waals surface area contributed by atoms with Gasteiger partial charge in [0.15, 0.2) is 12.5 Å². The van der Waals surface area contributed by atoms with Crippen molar-refractivity contribution in [2.45, 2.75) is 49.1 Å². The summed E-state index contributed by atoms with van der Waals surface area (Å²) in [5.41, 5.74) is -3.48. The van der Waals surface area contributed by atoms with E-state index in [-0.39, 0.29) is 0 Å². The third-order valence-corrected chi connectivity index (χ3v) is 8.54. The molecule has 10 atom stereocenters. The molecule has 4 heterocycles. The molecule has 228 valence electrons. The topological polar surface area (TPSA) is 311 Å². The number of hydrogen-bond acceptors (Lipinski definition) is 15. The summed E-state index contributed by atoms with van der Waals surface area (Å²) in [6, 6.07) is 1.87. The Morgan fingerprint density at radius 3 is 1.41 bits per heavy atom. The summed E-state index contributed by atoms with van der Waals surface area (Å²) in [5.74, 6) is 0. The molecule has 0 radical (unpaired) electrons. The SMILES string of the molecule is O=c1ccn(C2OC(COP(=O)(O)OP(=O)(O)OCC3OC(n4ccc(=O)[nH]c4=O)C(O)C3O)C(O)C2O)c(=O)[nH]1. The van der Waals surface area contributed by atoms with Gasteiger partial charge in [0.25, 0.3) is 11.1 Å². The number of aliphatic hydroxyl groups is 4. The van der Waals surface area contributed by atoms with Gasteiger partial charge in [0.2, 0.25) is 0 Å². The molecular weight excluding hydrogens is 606 g/mol. The average Bonchev–Trinajstić information content (AvgIpc) is 3.31. The molecule has 21 nitrogen and oxygen atoms in total. The van der Waals surface area contributed by atoms with E-state index in [1.54, 1.807) is 0 Å². The maximum Gasteiger partial charge on any atom is 0.481 e. The van der Waals surface area contributed by atoms with E-state index in [1.165, 1.54) is 0 Å². The Balaban J connectivity index is 1.33. The lowest BCUT2D eigenvalue weighted by Crippen LogP contribution is -2.37. The van der Waals surface area contributed by atoms with E-state index in [0.29, 0.717) is 0 Å². The van der Waals surface area contributed by atoms with Crippen LogP contribution in [-0.4, -0.2) is 99.2 Å². The lowest BCUT2D eigenvalue weighted by atomic mass is 10.1. The Labute approximate surface area is 226 Å². The van der Waals surface area contributed by atoms with Crippen LogP contribution in [0.1, 0.15) is 12.5 Å². The number of nitrogens with one attached hydrogen (secondary N) is 2. The minimum atomic E-state index is -5.44. The van der Waals surface area contributed by atoms with Gasteiger partial charge in [0.1, 0.15) is 36.6 Å². The monoisotopic (exact) mass is 630 g/mol. The molecular formula is C18H24N4O17P2. The highest BCUT2D eigenvalue weighted by Gasteiger charge is 2.48. The van der Waals surface area contributed by atoms with Crippen LogP contribution >= 0.6 is 15.6 Å².